The Kier molecular flexibility index (Phi) is 7.50. The van der Waals surface area contributed by atoms with Gasteiger partial charge in [0.05, 0.1) is 5.75 Å². The van der Waals surface area contributed by atoms with Crippen LogP contribution < -0.4 is 4.90 Å². The maximum Gasteiger partial charge on any atom is 0.290 e. The van der Waals surface area contributed by atoms with E-state index in [-0.39, 0.29) is 11.9 Å². The summed E-state index contributed by atoms with van der Waals surface area (Å²) in [6.07, 6.45) is 0. The molecule has 0 atom stereocenters. The molecule has 0 unspecified atom stereocenters. The van der Waals surface area contributed by atoms with E-state index in [1.54, 1.807) is 17.8 Å². The van der Waals surface area contributed by atoms with Crippen LogP contribution in [-0.4, -0.2) is 30.9 Å². The Labute approximate surface area is 190 Å². The summed E-state index contributed by atoms with van der Waals surface area (Å²) < 4.78 is 5.95. The van der Waals surface area contributed by atoms with E-state index in [1.807, 2.05) is 38.9 Å². The summed E-state index contributed by atoms with van der Waals surface area (Å²) in [5, 5.41) is 0. The third kappa shape index (κ3) is 5.73. The van der Waals surface area contributed by atoms with E-state index in [2.05, 4.69) is 61.2 Å². The number of carbonyl (C=O) groups excluding carboxylic acids is 1. The van der Waals surface area contributed by atoms with Gasteiger partial charge >= 0.3 is 0 Å². The van der Waals surface area contributed by atoms with E-state index >= 15 is 0 Å². The van der Waals surface area contributed by atoms with E-state index < -0.39 is 0 Å². The summed E-state index contributed by atoms with van der Waals surface area (Å²) in [5.74, 6) is 1.84. The van der Waals surface area contributed by atoms with Crippen LogP contribution in [0.25, 0.3) is 0 Å². The molecule has 0 saturated heterocycles. The summed E-state index contributed by atoms with van der Waals surface area (Å²) in [4.78, 5) is 18.4. The van der Waals surface area contributed by atoms with Crippen LogP contribution in [0.3, 0.4) is 0 Å². The standard InChI is InChI=1S/C26H32N2O2S/c1-18(2)28(16-21-10-12-22(13-11-21)27(5)6)26(29)24-15-14-23(30-24)17-31-25-19(3)8-7-9-20(25)4/h7-15,18H,16-17H2,1-6H3. The number of benzene rings is 2. The summed E-state index contributed by atoms with van der Waals surface area (Å²) in [6, 6.07) is 18.4. The third-order valence-electron chi connectivity index (χ3n) is 5.33. The van der Waals surface area contributed by atoms with Crippen LogP contribution in [0.15, 0.2) is 63.9 Å². The fourth-order valence-corrected chi connectivity index (χ4v) is 4.50. The second kappa shape index (κ2) is 10.1. The van der Waals surface area contributed by atoms with Crippen molar-refractivity contribution in [3.63, 3.8) is 0 Å². The highest BCUT2D eigenvalue weighted by atomic mass is 32.2. The van der Waals surface area contributed by atoms with Crippen molar-refractivity contribution in [1.82, 2.24) is 4.90 Å². The first-order valence-electron chi connectivity index (χ1n) is 10.6. The lowest BCUT2D eigenvalue weighted by atomic mass is 10.1. The van der Waals surface area contributed by atoms with Crippen LogP contribution in [0.2, 0.25) is 0 Å². The SMILES string of the molecule is Cc1cccc(C)c1SCc1ccc(C(=O)N(Cc2ccc(N(C)C)cc2)C(C)C)o1. The summed E-state index contributed by atoms with van der Waals surface area (Å²) in [7, 11) is 4.04. The number of hydrogen-bond acceptors (Lipinski definition) is 4. The predicted octanol–water partition coefficient (Wildman–Crippen LogP) is 6.31. The van der Waals surface area contributed by atoms with Crippen molar-refractivity contribution in [2.45, 2.75) is 50.9 Å². The summed E-state index contributed by atoms with van der Waals surface area (Å²) in [6.45, 7) is 8.87. The summed E-state index contributed by atoms with van der Waals surface area (Å²) in [5.41, 5.74) is 4.77. The van der Waals surface area contributed by atoms with Gasteiger partial charge in [0.1, 0.15) is 5.76 Å². The second-order valence-electron chi connectivity index (χ2n) is 8.36. The first kappa shape index (κ1) is 23.0. The van der Waals surface area contributed by atoms with E-state index in [0.717, 1.165) is 17.0 Å². The molecule has 1 amide bonds. The monoisotopic (exact) mass is 436 g/mol. The molecule has 31 heavy (non-hydrogen) atoms. The molecule has 5 heteroatoms. The second-order valence-corrected chi connectivity index (χ2v) is 9.35. The number of carbonyl (C=O) groups is 1. The molecule has 0 aliphatic heterocycles. The molecule has 1 heterocycles. The van der Waals surface area contributed by atoms with Crippen molar-refractivity contribution in [3.8, 4) is 0 Å². The molecule has 0 saturated carbocycles. The molecule has 0 aliphatic carbocycles. The number of anilines is 1. The maximum atomic E-state index is 13.2. The zero-order chi connectivity index (χ0) is 22.5. The Morgan fingerprint density at radius 1 is 0.968 bits per heavy atom. The van der Waals surface area contributed by atoms with Gasteiger partial charge in [0.25, 0.3) is 5.91 Å². The molecule has 0 fully saturated rings. The minimum Gasteiger partial charge on any atom is -0.455 e. The molecule has 4 nitrogen and oxygen atoms in total. The Hall–Kier alpha value is -2.66. The highest BCUT2D eigenvalue weighted by Gasteiger charge is 2.22. The number of nitrogens with zero attached hydrogens (tertiary/aromatic N) is 2. The van der Waals surface area contributed by atoms with Gasteiger partial charge in [-0.1, -0.05) is 30.3 Å². The van der Waals surface area contributed by atoms with Crippen LogP contribution in [0.1, 0.15) is 46.9 Å². The molecule has 0 bridgehead atoms. The van der Waals surface area contributed by atoms with Crippen molar-refractivity contribution >= 4 is 23.4 Å². The largest absolute Gasteiger partial charge is 0.455 e. The van der Waals surface area contributed by atoms with Crippen LogP contribution >= 0.6 is 11.8 Å². The molecule has 164 valence electrons. The van der Waals surface area contributed by atoms with Gasteiger partial charge < -0.3 is 14.2 Å². The van der Waals surface area contributed by atoms with Gasteiger partial charge in [-0.25, -0.2) is 0 Å². The first-order valence-corrected chi connectivity index (χ1v) is 11.6. The lowest BCUT2D eigenvalue weighted by molar-refractivity contribution is 0.0656. The third-order valence-corrected chi connectivity index (χ3v) is 6.69. The average Bonchev–Trinajstić information content (AvgIpc) is 3.20. The minimum absolute atomic E-state index is 0.0681. The fraction of sp³-hybridized carbons (Fsp3) is 0.346. The average molecular weight is 437 g/mol. The van der Waals surface area contributed by atoms with Gasteiger partial charge in [-0.3, -0.25) is 4.79 Å². The van der Waals surface area contributed by atoms with Crippen molar-refractivity contribution in [1.29, 1.82) is 0 Å². The van der Waals surface area contributed by atoms with Crippen LogP contribution in [-0.2, 0) is 12.3 Å². The molecule has 3 aromatic rings. The molecule has 0 spiro atoms. The van der Waals surface area contributed by atoms with E-state index in [1.165, 1.54) is 16.0 Å². The number of thioether (sulfide) groups is 1. The number of aryl methyl sites for hydroxylation is 2. The Balaban J connectivity index is 1.69. The molecule has 0 N–H and O–H groups in total. The van der Waals surface area contributed by atoms with E-state index in [9.17, 15) is 4.79 Å². The lowest BCUT2D eigenvalue weighted by Gasteiger charge is -2.26. The van der Waals surface area contributed by atoms with Gasteiger partial charge in [-0.2, -0.15) is 0 Å². The zero-order valence-electron chi connectivity index (χ0n) is 19.3. The van der Waals surface area contributed by atoms with Gasteiger partial charge in [0, 0.05) is 37.3 Å². The Morgan fingerprint density at radius 2 is 1.61 bits per heavy atom. The number of furan rings is 1. The topological polar surface area (TPSA) is 36.7 Å². The van der Waals surface area contributed by atoms with Gasteiger partial charge in [0.15, 0.2) is 5.76 Å². The maximum absolute atomic E-state index is 13.2. The molecule has 0 radical (unpaired) electrons. The number of amides is 1. The molecule has 2 aromatic carbocycles. The molecule has 1 aromatic heterocycles. The zero-order valence-corrected chi connectivity index (χ0v) is 20.1. The normalized spacial score (nSPS) is 11.1. The minimum atomic E-state index is -0.0741. The number of rotatable bonds is 8. The van der Waals surface area contributed by atoms with Crippen molar-refractivity contribution in [2.75, 3.05) is 19.0 Å². The summed E-state index contributed by atoms with van der Waals surface area (Å²) >= 11 is 1.75. The van der Waals surface area contributed by atoms with Crippen LogP contribution in [0.4, 0.5) is 5.69 Å². The fourth-order valence-electron chi connectivity index (χ4n) is 3.47. The van der Waals surface area contributed by atoms with Crippen molar-refractivity contribution < 1.29 is 9.21 Å². The van der Waals surface area contributed by atoms with Gasteiger partial charge in [0.2, 0.25) is 0 Å². The molecule has 0 aliphatic rings. The van der Waals surface area contributed by atoms with Gasteiger partial charge in [-0.05, 0) is 68.7 Å². The molecule has 3 rings (SSSR count). The van der Waals surface area contributed by atoms with Crippen molar-refractivity contribution in [2.24, 2.45) is 0 Å². The predicted molar refractivity (Wildman–Crippen MR) is 130 cm³/mol. The lowest BCUT2D eigenvalue weighted by Crippen LogP contribution is -2.36. The van der Waals surface area contributed by atoms with E-state index in [0.29, 0.717) is 18.1 Å². The Bertz CT molecular complexity index is 1000. The quantitative estimate of drug-likeness (QED) is 0.388. The van der Waals surface area contributed by atoms with Gasteiger partial charge in [-0.15, -0.1) is 11.8 Å². The first-order chi connectivity index (χ1) is 14.8. The molecular weight excluding hydrogens is 404 g/mol. The van der Waals surface area contributed by atoms with Crippen molar-refractivity contribution in [3.05, 3.63) is 82.8 Å². The Morgan fingerprint density at radius 3 is 2.19 bits per heavy atom. The highest BCUT2D eigenvalue weighted by Crippen LogP contribution is 2.30. The highest BCUT2D eigenvalue weighted by molar-refractivity contribution is 7.98. The van der Waals surface area contributed by atoms with Crippen LogP contribution in [0, 0.1) is 13.8 Å². The smallest absolute Gasteiger partial charge is 0.290 e. The van der Waals surface area contributed by atoms with E-state index in [4.69, 9.17) is 4.42 Å². The van der Waals surface area contributed by atoms with Crippen LogP contribution in [0.5, 0.6) is 0 Å². The molecular formula is C26H32N2O2S. The number of hydrogen-bond donors (Lipinski definition) is 0.